The van der Waals surface area contributed by atoms with Gasteiger partial charge in [0.1, 0.15) is 36.3 Å². The van der Waals surface area contributed by atoms with Gasteiger partial charge in [0.15, 0.2) is 0 Å². The number of phenolic OH excluding ortho intramolecular Hbond substituents is 1. The van der Waals surface area contributed by atoms with E-state index >= 15 is 0 Å². The molecule has 7 nitrogen and oxygen atoms in total. The Hall–Kier alpha value is -2.83. The van der Waals surface area contributed by atoms with Gasteiger partial charge in [0, 0.05) is 31.0 Å². The van der Waals surface area contributed by atoms with Crippen LogP contribution in [0.25, 0.3) is 0 Å². The Balaban J connectivity index is 1.73. The van der Waals surface area contributed by atoms with Gasteiger partial charge < -0.3 is 35.2 Å². The summed E-state index contributed by atoms with van der Waals surface area (Å²) in [5, 5.41) is 26.9. The van der Waals surface area contributed by atoms with Crippen molar-refractivity contribution in [3.63, 3.8) is 0 Å². The molecule has 8 heteroatoms. The summed E-state index contributed by atoms with van der Waals surface area (Å²) in [6.45, 7) is 8.26. The van der Waals surface area contributed by atoms with E-state index in [-0.39, 0.29) is 24.7 Å². The molecule has 0 saturated carbocycles. The number of ether oxygens (including phenoxy) is 2. The van der Waals surface area contributed by atoms with Crippen LogP contribution >= 0.6 is 8.15 Å². The van der Waals surface area contributed by atoms with E-state index < -0.39 is 14.3 Å². The Kier molecular flexibility index (Phi) is 12.4. The smallest absolute Gasteiger partial charge is 0.138 e. The zero-order valence-electron chi connectivity index (χ0n) is 20.6. The van der Waals surface area contributed by atoms with Crippen LogP contribution in [0.1, 0.15) is 19.4 Å². The second kappa shape index (κ2) is 15.2. The maximum Gasteiger partial charge on any atom is 0.138 e. The minimum atomic E-state index is -1.42. The van der Waals surface area contributed by atoms with Crippen LogP contribution in [0.3, 0.4) is 0 Å². The van der Waals surface area contributed by atoms with Crippen molar-refractivity contribution in [2.75, 3.05) is 31.9 Å². The standard InChI is InChI=1S/C27H37N2O5P/c1-5-7-8-25(6-2)35(32)19-34-23-11-9-21(10-12-23)15-20(3)29-17-22(30)18-33-24-13-14-27(31)26(16-24)28-4/h5-14,16,20,22,28-32H,2,15,17-19H2,1,3-4H3/b7-5-,25-8+. The van der Waals surface area contributed by atoms with Crippen LogP contribution in [-0.4, -0.2) is 53.8 Å². The van der Waals surface area contributed by atoms with Crippen molar-refractivity contribution in [2.45, 2.75) is 32.4 Å². The van der Waals surface area contributed by atoms with E-state index in [1.54, 1.807) is 31.3 Å². The van der Waals surface area contributed by atoms with Crippen LogP contribution < -0.4 is 20.1 Å². The van der Waals surface area contributed by atoms with Gasteiger partial charge in [-0.05, 0) is 50.1 Å². The summed E-state index contributed by atoms with van der Waals surface area (Å²) < 4.78 is 11.4. The van der Waals surface area contributed by atoms with Crippen molar-refractivity contribution < 1.29 is 24.6 Å². The highest BCUT2D eigenvalue weighted by atomic mass is 31.1. The quantitative estimate of drug-likeness (QED) is 0.136. The topological polar surface area (TPSA) is 103 Å². The first-order valence-electron chi connectivity index (χ1n) is 11.5. The molecule has 0 amide bonds. The van der Waals surface area contributed by atoms with Crippen LogP contribution in [0, 0.1) is 0 Å². The zero-order valence-corrected chi connectivity index (χ0v) is 21.5. The summed E-state index contributed by atoms with van der Waals surface area (Å²) in [5.74, 6) is 1.42. The van der Waals surface area contributed by atoms with Gasteiger partial charge in [0.05, 0.1) is 13.8 Å². The minimum absolute atomic E-state index is 0.143. The lowest BCUT2D eigenvalue weighted by Crippen LogP contribution is -2.37. The number of nitrogens with one attached hydrogen (secondary N) is 2. The first-order valence-corrected chi connectivity index (χ1v) is 13.0. The van der Waals surface area contributed by atoms with Crippen LogP contribution in [-0.2, 0) is 6.42 Å². The summed E-state index contributed by atoms with van der Waals surface area (Å²) in [4.78, 5) is 10.3. The maximum atomic E-state index is 10.3. The lowest BCUT2D eigenvalue weighted by atomic mass is 10.1. The van der Waals surface area contributed by atoms with Gasteiger partial charge in [0.25, 0.3) is 0 Å². The van der Waals surface area contributed by atoms with Crippen molar-refractivity contribution >= 4 is 13.8 Å². The van der Waals surface area contributed by atoms with Gasteiger partial charge >= 0.3 is 0 Å². The third-order valence-electron chi connectivity index (χ3n) is 5.17. The maximum absolute atomic E-state index is 10.3. The van der Waals surface area contributed by atoms with E-state index in [1.807, 2.05) is 49.4 Å². The second-order valence-corrected chi connectivity index (χ2v) is 9.62. The Morgan fingerprint density at radius 1 is 1.14 bits per heavy atom. The molecule has 0 aliphatic heterocycles. The number of anilines is 1. The summed E-state index contributed by atoms with van der Waals surface area (Å²) in [5.41, 5.74) is 1.71. The van der Waals surface area contributed by atoms with Gasteiger partial charge in [-0.2, -0.15) is 0 Å². The monoisotopic (exact) mass is 500 g/mol. The van der Waals surface area contributed by atoms with E-state index in [1.165, 1.54) is 0 Å². The van der Waals surface area contributed by atoms with Crippen molar-refractivity contribution in [3.8, 4) is 17.2 Å². The minimum Gasteiger partial charge on any atom is -0.506 e. The molecule has 35 heavy (non-hydrogen) atoms. The number of phenols is 1. The number of benzene rings is 2. The summed E-state index contributed by atoms with van der Waals surface area (Å²) >= 11 is 0. The normalized spacial score (nSPS) is 14.4. The second-order valence-electron chi connectivity index (χ2n) is 8.05. The van der Waals surface area contributed by atoms with Gasteiger partial charge in [-0.25, -0.2) is 0 Å². The van der Waals surface area contributed by atoms with Crippen LogP contribution in [0.4, 0.5) is 5.69 Å². The molecule has 3 unspecified atom stereocenters. The van der Waals surface area contributed by atoms with E-state index in [2.05, 4.69) is 24.1 Å². The van der Waals surface area contributed by atoms with Crippen LogP contribution in [0.2, 0.25) is 0 Å². The average molecular weight is 501 g/mol. The molecule has 0 aromatic heterocycles. The largest absolute Gasteiger partial charge is 0.506 e. The first-order chi connectivity index (χ1) is 16.9. The SMILES string of the molecule is C=C/C(=C\C=C/C)P(O)COc1ccc(CC(C)NCC(O)COc2ccc(O)c(NC)c2)cc1. The Labute approximate surface area is 209 Å². The van der Waals surface area contributed by atoms with Crippen LogP contribution in [0.5, 0.6) is 17.2 Å². The van der Waals surface area contributed by atoms with E-state index in [0.717, 1.165) is 17.3 Å². The number of hydrogen-bond donors (Lipinski definition) is 5. The summed E-state index contributed by atoms with van der Waals surface area (Å²) in [7, 11) is 0.294. The highest BCUT2D eigenvalue weighted by molar-refractivity contribution is 7.56. The third kappa shape index (κ3) is 10.1. The summed E-state index contributed by atoms with van der Waals surface area (Å²) in [6.07, 6.45) is 7.59. The lowest BCUT2D eigenvalue weighted by molar-refractivity contribution is 0.104. The van der Waals surface area contributed by atoms with Crippen LogP contribution in [0.15, 0.2) is 78.7 Å². The van der Waals surface area contributed by atoms with Crippen molar-refractivity contribution in [1.29, 1.82) is 0 Å². The Bertz CT molecular complexity index is 978. The molecule has 0 aliphatic rings. The highest BCUT2D eigenvalue weighted by Crippen LogP contribution is 2.41. The molecular formula is C27H37N2O5P. The molecule has 3 atom stereocenters. The number of aromatic hydroxyl groups is 1. The molecule has 2 aromatic rings. The van der Waals surface area contributed by atoms with Gasteiger partial charge in [-0.3, -0.25) is 0 Å². The molecule has 0 heterocycles. The average Bonchev–Trinajstić information content (AvgIpc) is 2.87. The molecule has 0 bridgehead atoms. The third-order valence-corrected chi connectivity index (χ3v) is 6.47. The number of aliphatic hydroxyl groups is 1. The Morgan fingerprint density at radius 2 is 1.86 bits per heavy atom. The molecule has 2 rings (SSSR count). The fourth-order valence-corrected chi connectivity index (χ4v) is 4.10. The molecule has 0 fully saturated rings. The molecule has 0 saturated heterocycles. The fraction of sp³-hybridized carbons (Fsp3) is 0.333. The molecule has 0 radical (unpaired) electrons. The predicted octanol–water partition coefficient (Wildman–Crippen LogP) is 4.77. The van der Waals surface area contributed by atoms with Crippen molar-refractivity contribution in [3.05, 3.63) is 84.2 Å². The molecular weight excluding hydrogens is 463 g/mol. The number of aliphatic hydroxyl groups excluding tert-OH is 1. The van der Waals surface area contributed by atoms with Gasteiger partial charge in [0.2, 0.25) is 0 Å². The fourth-order valence-electron chi connectivity index (χ4n) is 3.21. The molecule has 2 aromatic carbocycles. The Morgan fingerprint density at radius 3 is 2.51 bits per heavy atom. The summed E-state index contributed by atoms with van der Waals surface area (Å²) in [6, 6.07) is 12.8. The number of rotatable bonds is 15. The molecule has 5 N–H and O–H groups in total. The molecule has 0 aliphatic carbocycles. The molecule has 190 valence electrons. The first kappa shape index (κ1) is 28.4. The molecule has 0 spiro atoms. The van der Waals surface area contributed by atoms with E-state index in [0.29, 0.717) is 23.7 Å². The van der Waals surface area contributed by atoms with E-state index in [9.17, 15) is 15.1 Å². The number of allylic oxidation sites excluding steroid dienone is 5. The van der Waals surface area contributed by atoms with Crippen molar-refractivity contribution in [2.24, 2.45) is 0 Å². The number of hydrogen-bond acceptors (Lipinski definition) is 7. The van der Waals surface area contributed by atoms with Gasteiger partial charge in [-0.1, -0.05) is 43.0 Å². The lowest BCUT2D eigenvalue weighted by Gasteiger charge is -2.18. The van der Waals surface area contributed by atoms with E-state index in [4.69, 9.17) is 9.47 Å². The highest BCUT2D eigenvalue weighted by Gasteiger charge is 2.11. The van der Waals surface area contributed by atoms with Gasteiger partial charge in [-0.15, -0.1) is 0 Å². The van der Waals surface area contributed by atoms with Crippen molar-refractivity contribution in [1.82, 2.24) is 5.32 Å². The zero-order chi connectivity index (χ0) is 25.6. The predicted molar refractivity (Wildman–Crippen MR) is 144 cm³/mol.